The number of pyridine rings is 1. The number of nitrogens with two attached hydrogens (primary N) is 1. The van der Waals surface area contributed by atoms with Gasteiger partial charge in [0, 0.05) is 6.07 Å². The molecular weight excluding hydrogens is 243 g/mol. The van der Waals surface area contributed by atoms with Gasteiger partial charge in [0.15, 0.2) is 12.4 Å². The minimum Gasteiger partial charge on any atom is -1.00 e. The number of H-pyrrole nitrogens is 1. The first kappa shape index (κ1) is 9.35. The van der Waals surface area contributed by atoms with Crippen LogP contribution in [0.4, 0.5) is 0 Å². The SMILES string of the molecule is NC(=O)c1ccc[nH+]c1.[I-]. The molecule has 0 aliphatic rings. The molecule has 0 aliphatic heterocycles. The average molecular weight is 250 g/mol. The second-order valence-electron chi connectivity index (χ2n) is 1.66. The fraction of sp³-hybridized carbons (Fsp3) is 0. The molecule has 4 heteroatoms. The van der Waals surface area contributed by atoms with E-state index in [-0.39, 0.29) is 24.0 Å². The Bertz CT molecular complexity index is 212. The van der Waals surface area contributed by atoms with E-state index in [4.69, 9.17) is 5.73 Å². The number of aromatic nitrogens is 1. The number of carbonyl (C=O) groups excluding carboxylic acids is 1. The van der Waals surface area contributed by atoms with Crippen molar-refractivity contribution in [3.8, 4) is 0 Å². The summed E-state index contributed by atoms with van der Waals surface area (Å²) in [6.45, 7) is 0. The molecule has 0 aromatic carbocycles. The van der Waals surface area contributed by atoms with Crippen molar-refractivity contribution in [3.05, 3.63) is 30.1 Å². The molecule has 0 fully saturated rings. The highest BCUT2D eigenvalue weighted by Gasteiger charge is 1.98. The smallest absolute Gasteiger partial charge is 0.254 e. The van der Waals surface area contributed by atoms with Crippen LogP contribution in [0.1, 0.15) is 10.4 Å². The molecule has 1 heterocycles. The molecule has 0 aliphatic carbocycles. The highest BCUT2D eigenvalue weighted by molar-refractivity contribution is 5.92. The number of aromatic amines is 1. The minimum absolute atomic E-state index is 0. The summed E-state index contributed by atoms with van der Waals surface area (Å²) >= 11 is 0. The van der Waals surface area contributed by atoms with E-state index in [1.807, 2.05) is 0 Å². The first-order chi connectivity index (χ1) is 4.30. The molecule has 0 bridgehead atoms. The van der Waals surface area contributed by atoms with Crippen LogP contribution in [-0.4, -0.2) is 5.91 Å². The van der Waals surface area contributed by atoms with Crippen molar-refractivity contribution >= 4 is 5.91 Å². The normalized spacial score (nSPS) is 8.00. The number of nitrogens with one attached hydrogen (secondary N) is 1. The van der Waals surface area contributed by atoms with Gasteiger partial charge in [0.05, 0.1) is 0 Å². The van der Waals surface area contributed by atoms with Gasteiger partial charge in [0.1, 0.15) is 5.56 Å². The summed E-state index contributed by atoms with van der Waals surface area (Å²) in [7, 11) is 0. The van der Waals surface area contributed by atoms with E-state index in [1.165, 1.54) is 0 Å². The lowest BCUT2D eigenvalue weighted by Crippen LogP contribution is -3.00. The maximum absolute atomic E-state index is 10.4. The zero-order valence-electron chi connectivity index (χ0n) is 5.17. The van der Waals surface area contributed by atoms with Gasteiger partial charge in [0.25, 0.3) is 5.91 Å². The second-order valence-corrected chi connectivity index (χ2v) is 1.66. The van der Waals surface area contributed by atoms with Crippen molar-refractivity contribution < 1.29 is 33.8 Å². The van der Waals surface area contributed by atoms with Crippen molar-refractivity contribution in [2.75, 3.05) is 0 Å². The Morgan fingerprint density at radius 1 is 1.60 bits per heavy atom. The molecule has 0 unspecified atom stereocenters. The lowest BCUT2D eigenvalue weighted by Gasteiger charge is -1.84. The van der Waals surface area contributed by atoms with Crippen LogP contribution in [0, 0.1) is 0 Å². The number of hydrogen-bond acceptors (Lipinski definition) is 1. The van der Waals surface area contributed by atoms with Gasteiger partial charge < -0.3 is 29.7 Å². The Morgan fingerprint density at radius 2 is 2.30 bits per heavy atom. The molecule has 1 aromatic rings. The second kappa shape index (κ2) is 4.21. The van der Waals surface area contributed by atoms with Gasteiger partial charge in [-0.2, -0.15) is 0 Å². The summed E-state index contributed by atoms with van der Waals surface area (Å²) < 4.78 is 0. The molecule has 3 nitrogen and oxygen atoms in total. The predicted octanol–water partition coefficient (Wildman–Crippen LogP) is -3.40. The van der Waals surface area contributed by atoms with Gasteiger partial charge in [-0.25, -0.2) is 4.98 Å². The molecule has 0 radical (unpaired) electrons. The topological polar surface area (TPSA) is 57.2 Å². The van der Waals surface area contributed by atoms with Crippen molar-refractivity contribution in [1.29, 1.82) is 0 Å². The number of amides is 1. The van der Waals surface area contributed by atoms with Crippen molar-refractivity contribution in [1.82, 2.24) is 0 Å². The Kier molecular flexibility index (Phi) is 3.94. The van der Waals surface area contributed by atoms with Crippen molar-refractivity contribution in [3.63, 3.8) is 0 Å². The van der Waals surface area contributed by atoms with E-state index < -0.39 is 5.91 Å². The van der Waals surface area contributed by atoms with Crippen LogP contribution in [0.5, 0.6) is 0 Å². The van der Waals surface area contributed by atoms with Crippen LogP contribution in [0.25, 0.3) is 0 Å². The predicted molar refractivity (Wildman–Crippen MR) is 31.5 cm³/mol. The highest BCUT2D eigenvalue weighted by atomic mass is 127. The third kappa shape index (κ3) is 2.30. The Morgan fingerprint density at radius 3 is 2.60 bits per heavy atom. The third-order valence-electron chi connectivity index (χ3n) is 0.992. The summed E-state index contributed by atoms with van der Waals surface area (Å²) in [4.78, 5) is 13.1. The molecule has 1 amide bonds. The van der Waals surface area contributed by atoms with Crippen molar-refractivity contribution in [2.45, 2.75) is 0 Å². The molecule has 0 atom stereocenters. The summed E-state index contributed by atoms with van der Waals surface area (Å²) in [5, 5.41) is 0. The van der Waals surface area contributed by atoms with E-state index >= 15 is 0 Å². The van der Waals surface area contributed by atoms with Gasteiger partial charge in [-0.1, -0.05) is 0 Å². The quantitative estimate of drug-likeness (QED) is 0.519. The van der Waals surface area contributed by atoms with Crippen LogP contribution in [0.2, 0.25) is 0 Å². The lowest BCUT2D eigenvalue weighted by molar-refractivity contribution is -0.378. The Hall–Kier alpha value is -0.650. The van der Waals surface area contributed by atoms with Gasteiger partial charge in [0.2, 0.25) is 0 Å². The molecule has 10 heavy (non-hydrogen) atoms. The molecule has 54 valence electrons. The summed E-state index contributed by atoms with van der Waals surface area (Å²) in [5.74, 6) is -0.410. The van der Waals surface area contributed by atoms with E-state index in [0.717, 1.165) is 0 Å². The zero-order valence-corrected chi connectivity index (χ0v) is 7.33. The molecule has 1 aromatic heterocycles. The first-order valence-corrected chi connectivity index (χ1v) is 2.56. The number of rotatable bonds is 1. The van der Waals surface area contributed by atoms with Crippen LogP contribution in [0.15, 0.2) is 24.5 Å². The fourth-order valence-electron chi connectivity index (χ4n) is 0.547. The monoisotopic (exact) mass is 250 g/mol. The zero-order chi connectivity index (χ0) is 6.69. The Labute approximate surface area is 75.7 Å². The maximum atomic E-state index is 10.4. The third-order valence-corrected chi connectivity index (χ3v) is 0.992. The number of halogens is 1. The molecule has 0 saturated heterocycles. The van der Waals surface area contributed by atoms with E-state index in [9.17, 15) is 4.79 Å². The highest BCUT2D eigenvalue weighted by Crippen LogP contribution is 1.88. The van der Waals surface area contributed by atoms with Crippen LogP contribution in [-0.2, 0) is 0 Å². The largest absolute Gasteiger partial charge is 1.00 e. The van der Waals surface area contributed by atoms with E-state index in [0.29, 0.717) is 5.56 Å². The number of primary amides is 1. The molecule has 0 saturated carbocycles. The van der Waals surface area contributed by atoms with E-state index in [2.05, 4.69) is 4.98 Å². The van der Waals surface area contributed by atoms with Gasteiger partial charge in [-0.15, -0.1) is 0 Å². The van der Waals surface area contributed by atoms with Gasteiger partial charge in [-0.05, 0) is 6.07 Å². The number of carbonyl (C=O) groups is 1. The average Bonchev–Trinajstić information content (AvgIpc) is 1.90. The summed E-state index contributed by atoms with van der Waals surface area (Å²) in [6, 6.07) is 3.37. The summed E-state index contributed by atoms with van der Waals surface area (Å²) in [5.41, 5.74) is 5.45. The molecular formula is C6H7IN2O. The van der Waals surface area contributed by atoms with Crippen LogP contribution < -0.4 is 34.7 Å². The van der Waals surface area contributed by atoms with Crippen LogP contribution in [0.3, 0.4) is 0 Å². The lowest BCUT2D eigenvalue weighted by atomic mass is 10.3. The van der Waals surface area contributed by atoms with Gasteiger partial charge in [-0.3, -0.25) is 4.79 Å². The fourth-order valence-corrected chi connectivity index (χ4v) is 0.547. The minimum atomic E-state index is -0.410. The van der Waals surface area contributed by atoms with Gasteiger partial charge >= 0.3 is 0 Å². The van der Waals surface area contributed by atoms with E-state index in [1.54, 1.807) is 24.5 Å². The maximum Gasteiger partial charge on any atom is 0.254 e. The Balaban J connectivity index is 0.000000810. The number of hydrogen-bond donors (Lipinski definition) is 1. The van der Waals surface area contributed by atoms with Crippen LogP contribution >= 0.6 is 0 Å². The molecule has 0 spiro atoms. The summed E-state index contributed by atoms with van der Waals surface area (Å²) in [6.07, 6.45) is 3.27. The van der Waals surface area contributed by atoms with Crippen molar-refractivity contribution in [2.24, 2.45) is 5.73 Å². The first-order valence-electron chi connectivity index (χ1n) is 2.56. The molecule has 1 rings (SSSR count). The molecule has 3 N–H and O–H groups in total. The standard InChI is InChI=1S/C6H6N2O.HI/c7-6(9)5-2-1-3-8-4-5;/h1-4H,(H2,7,9);1H.